The lowest BCUT2D eigenvalue weighted by Gasteiger charge is -2.30. The summed E-state index contributed by atoms with van der Waals surface area (Å²) in [4.78, 5) is 1.39. The van der Waals surface area contributed by atoms with Crippen LogP contribution in [-0.4, -0.2) is 0 Å². The molecule has 0 amide bonds. The van der Waals surface area contributed by atoms with Gasteiger partial charge in [-0.25, -0.2) is 0 Å². The molecule has 2 aromatic heterocycles. The van der Waals surface area contributed by atoms with Crippen molar-refractivity contribution in [2.24, 2.45) is 5.41 Å². The van der Waals surface area contributed by atoms with E-state index in [9.17, 15) is 0 Å². The number of fused-ring (bicyclic) bond motifs is 3. The second kappa shape index (κ2) is 33.1. The van der Waals surface area contributed by atoms with Crippen molar-refractivity contribution >= 4 is 62.8 Å². The predicted molar refractivity (Wildman–Crippen MR) is 365 cm³/mol. The van der Waals surface area contributed by atoms with Crippen molar-refractivity contribution in [2.75, 3.05) is 0 Å². The van der Waals surface area contributed by atoms with E-state index in [1.54, 1.807) is 0 Å². The third-order valence-corrected chi connectivity index (χ3v) is 14.5. The van der Waals surface area contributed by atoms with E-state index in [0.717, 1.165) is 28.4 Å². The predicted octanol–water partition coefficient (Wildman–Crippen LogP) is 24.1. The van der Waals surface area contributed by atoms with Gasteiger partial charge in [0.15, 0.2) is 0 Å². The number of furan rings is 1. The van der Waals surface area contributed by atoms with Gasteiger partial charge in [0, 0.05) is 20.5 Å². The minimum atomic E-state index is 0.487. The fourth-order valence-electron chi connectivity index (χ4n) is 9.16. The molecule has 11 rings (SSSR count). The van der Waals surface area contributed by atoms with Crippen LogP contribution in [0.1, 0.15) is 139 Å². The maximum atomic E-state index is 5.64. The highest BCUT2D eigenvalue weighted by atomic mass is 32.1. The van der Waals surface area contributed by atoms with Crippen molar-refractivity contribution in [1.82, 2.24) is 0 Å². The number of hydrogen-bond acceptors (Lipinski definition) is 3. The topological polar surface area (TPSA) is 22.4 Å². The molecule has 3 heteroatoms. The highest BCUT2D eigenvalue weighted by Crippen LogP contribution is 2.37. The van der Waals surface area contributed by atoms with Crippen LogP contribution in [0.15, 0.2) is 222 Å². The van der Waals surface area contributed by atoms with Crippen molar-refractivity contribution in [2.45, 2.75) is 124 Å². The van der Waals surface area contributed by atoms with E-state index in [-0.39, 0.29) is 0 Å². The molecule has 1 aliphatic heterocycles. The van der Waals surface area contributed by atoms with Crippen molar-refractivity contribution in [3.8, 4) is 5.75 Å². The summed E-state index contributed by atoms with van der Waals surface area (Å²) in [6.45, 7) is 33.9. The van der Waals surface area contributed by atoms with Crippen molar-refractivity contribution in [1.29, 1.82) is 0 Å². The zero-order chi connectivity index (χ0) is 59.6. The maximum Gasteiger partial charge on any atom is 0.134 e. The normalized spacial score (nSPS) is 13.9. The molecule has 0 N–H and O–H groups in total. The SMILES string of the molecule is C/C=C1/C=C(C)CC(C)(C)C1.C/C=C1\C=Cc2ccc(C)cc2O1.CC=Cc1ccc(C)cc1.CC=Cc1ccc(C)cc1.Cc1ccc(C=Cc2ccc(C)cc2)cc1.Cc1ccc2cc(C)oc2c1.Cc1ccc2cc(C)sc2c1. The highest BCUT2D eigenvalue weighted by molar-refractivity contribution is 7.19. The average molecular weight is 1100 g/mol. The Morgan fingerprint density at radius 2 is 0.878 bits per heavy atom. The first-order chi connectivity index (χ1) is 39.2. The Bertz CT molecular complexity index is 3430. The zero-order valence-corrected chi connectivity index (χ0v) is 52.9. The summed E-state index contributed by atoms with van der Waals surface area (Å²) in [7, 11) is 0. The van der Waals surface area contributed by atoms with E-state index in [4.69, 9.17) is 9.15 Å². The summed E-state index contributed by atoms with van der Waals surface area (Å²) < 4.78 is 12.5. The van der Waals surface area contributed by atoms with Gasteiger partial charge in [-0.3, -0.25) is 0 Å². The fourth-order valence-corrected chi connectivity index (χ4v) is 10.2. The molecule has 2 nitrogen and oxygen atoms in total. The summed E-state index contributed by atoms with van der Waals surface area (Å²) in [5, 5.41) is 2.56. The smallest absolute Gasteiger partial charge is 0.134 e. The first-order valence-corrected chi connectivity index (χ1v) is 29.6. The third-order valence-electron chi connectivity index (χ3n) is 13.4. The Labute approximate surface area is 498 Å². The van der Waals surface area contributed by atoms with Gasteiger partial charge in [-0.2, -0.15) is 0 Å². The summed E-state index contributed by atoms with van der Waals surface area (Å²) in [6, 6.07) is 57.4. The molecule has 7 aromatic carbocycles. The van der Waals surface area contributed by atoms with E-state index < -0.39 is 0 Å². The Morgan fingerprint density at radius 1 is 0.427 bits per heavy atom. The van der Waals surface area contributed by atoms with Crippen LogP contribution in [0.5, 0.6) is 5.75 Å². The van der Waals surface area contributed by atoms with Crippen LogP contribution in [0, 0.1) is 67.7 Å². The maximum absolute atomic E-state index is 5.64. The number of benzene rings is 7. The van der Waals surface area contributed by atoms with Crippen molar-refractivity contribution < 1.29 is 9.15 Å². The lowest BCUT2D eigenvalue weighted by molar-refractivity contribution is 0.351. The van der Waals surface area contributed by atoms with Crippen molar-refractivity contribution in [3.63, 3.8) is 0 Å². The monoisotopic (exact) mass is 1100 g/mol. The molecular formula is C79H90O2S. The molecule has 0 saturated carbocycles. The van der Waals surface area contributed by atoms with E-state index >= 15 is 0 Å². The summed E-state index contributed by atoms with van der Waals surface area (Å²) in [5.41, 5.74) is 19.7. The Balaban J connectivity index is 0.000000176. The zero-order valence-electron chi connectivity index (χ0n) is 52.1. The molecule has 1 aliphatic carbocycles. The molecule has 9 aromatic rings. The Morgan fingerprint density at radius 3 is 1.35 bits per heavy atom. The van der Waals surface area contributed by atoms with Crippen LogP contribution < -0.4 is 4.74 Å². The molecule has 2 aliphatic rings. The number of hydrogen-bond donors (Lipinski definition) is 0. The molecule has 0 unspecified atom stereocenters. The molecule has 82 heavy (non-hydrogen) atoms. The molecular weight excluding hydrogens is 1010 g/mol. The van der Waals surface area contributed by atoms with E-state index in [0.29, 0.717) is 5.41 Å². The van der Waals surface area contributed by atoms with E-state index in [1.165, 1.54) is 106 Å². The largest absolute Gasteiger partial charge is 0.461 e. The van der Waals surface area contributed by atoms with Crippen LogP contribution in [0.25, 0.3) is 51.4 Å². The molecule has 0 atom stereocenters. The quantitative estimate of drug-likeness (QED) is 0.164. The van der Waals surface area contributed by atoms with Crippen LogP contribution in [0.4, 0.5) is 0 Å². The van der Waals surface area contributed by atoms with Gasteiger partial charge in [0.05, 0.1) is 0 Å². The second-order valence-electron chi connectivity index (χ2n) is 22.3. The number of rotatable bonds is 4. The van der Waals surface area contributed by atoms with Gasteiger partial charge in [-0.15, -0.1) is 11.3 Å². The number of thiophene rings is 1. The van der Waals surface area contributed by atoms with Gasteiger partial charge >= 0.3 is 0 Å². The summed E-state index contributed by atoms with van der Waals surface area (Å²) in [5.74, 6) is 2.85. The molecule has 0 bridgehead atoms. The van der Waals surface area contributed by atoms with Gasteiger partial charge < -0.3 is 9.15 Å². The van der Waals surface area contributed by atoms with Crippen LogP contribution in [0.3, 0.4) is 0 Å². The number of allylic oxidation sites excluding steroid dienone is 8. The lowest BCUT2D eigenvalue weighted by atomic mass is 9.76. The van der Waals surface area contributed by atoms with Gasteiger partial charge in [0.2, 0.25) is 0 Å². The van der Waals surface area contributed by atoms with Gasteiger partial charge in [0.25, 0.3) is 0 Å². The fraction of sp³-hybridized carbons (Fsp3) is 0.241. The molecule has 0 radical (unpaired) electrons. The second-order valence-corrected chi connectivity index (χ2v) is 23.6. The van der Waals surface area contributed by atoms with Crippen LogP contribution in [-0.2, 0) is 0 Å². The van der Waals surface area contributed by atoms with Crippen LogP contribution >= 0.6 is 11.3 Å². The summed E-state index contributed by atoms with van der Waals surface area (Å²) >= 11 is 1.87. The van der Waals surface area contributed by atoms with Gasteiger partial charge in [-0.05, 0) is 208 Å². The standard InChI is InChI=1S/C16H16.C12H12O.C11H18.C10H10O.C10H10S.2C10H12/c1-13-3-7-15(8-4-13)11-12-16-9-5-14(2)6-10-16;1-3-11-7-6-10-5-4-9(2)8-12(10)13-11;1-5-10-6-9(2)7-11(3,4)8-10;2*1-7-3-4-9-6-8(2)11-10(9)5-7;2*1-3-4-10-7-5-9(2)6-8-10/h3-12H,1-2H3;3-8H,1-2H3;5-6H,7-8H2,1-4H3;2*3-6H,1-2H3;2*3-8H,1-2H3/b;11-3+;10-5-;;;;. The van der Waals surface area contributed by atoms with Gasteiger partial charge in [0.1, 0.15) is 22.9 Å². The minimum Gasteiger partial charge on any atom is -0.461 e. The first-order valence-electron chi connectivity index (χ1n) is 28.8. The minimum absolute atomic E-state index is 0.487. The molecule has 3 heterocycles. The number of aryl methyl sites for hydroxylation is 9. The molecule has 0 fully saturated rings. The Hall–Kier alpha value is -7.98. The Kier molecular flexibility index (Phi) is 26.1. The van der Waals surface area contributed by atoms with E-state index in [1.807, 2.05) is 63.3 Å². The first kappa shape index (κ1) is 64.8. The summed E-state index contributed by atoms with van der Waals surface area (Å²) in [6.07, 6.45) is 25.6. The van der Waals surface area contributed by atoms with E-state index in [2.05, 4.69) is 289 Å². The number of ether oxygens (including phenoxy) is 1. The lowest BCUT2D eigenvalue weighted by Crippen LogP contribution is -2.16. The third kappa shape index (κ3) is 23.2. The molecule has 0 saturated heterocycles. The van der Waals surface area contributed by atoms with Crippen molar-refractivity contribution in [3.05, 3.63) is 295 Å². The average Bonchev–Trinajstić information content (AvgIpc) is 4.19. The van der Waals surface area contributed by atoms with Gasteiger partial charge in [-0.1, -0.05) is 229 Å². The highest BCUT2D eigenvalue weighted by Gasteiger charge is 2.23. The van der Waals surface area contributed by atoms with Crippen LogP contribution in [0.2, 0.25) is 0 Å². The molecule has 0 spiro atoms. The molecule has 424 valence electrons.